The number of halogens is 1. The van der Waals surface area contributed by atoms with Crippen molar-refractivity contribution in [3.05, 3.63) is 66.0 Å². The van der Waals surface area contributed by atoms with Crippen molar-refractivity contribution >= 4 is 10.8 Å². The van der Waals surface area contributed by atoms with Gasteiger partial charge in [0.25, 0.3) is 0 Å². The van der Waals surface area contributed by atoms with Crippen molar-refractivity contribution in [2.45, 2.75) is 19.8 Å². The van der Waals surface area contributed by atoms with E-state index >= 15 is 0 Å². The number of phenols is 1. The van der Waals surface area contributed by atoms with Gasteiger partial charge < -0.3 is 5.11 Å². The van der Waals surface area contributed by atoms with Crippen LogP contribution in [0.15, 0.2) is 54.6 Å². The molecule has 3 aromatic carbocycles. The Balaban J connectivity index is 2.06. The lowest BCUT2D eigenvalue weighted by Gasteiger charge is -2.07. The summed E-state index contributed by atoms with van der Waals surface area (Å²) >= 11 is 0. The van der Waals surface area contributed by atoms with Crippen LogP contribution in [0.3, 0.4) is 0 Å². The van der Waals surface area contributed by atoms with Crippen LogP contribution in [0.2, 0.25) is 0 Å². The van der Waals surface area contributed by atoms with Crippen LogP contribution in [-0.2, 0) is 6.42 Å². The molecule has 0 aliphatic carbocycles. The number of rotatable bonds is 3. The van der Waals surface area contributed by atoms with Crippen LogP contribution in [-0.4, -0.2) is 5.11 Å². The molecule has 0 aliphatic rings. The number of hydrogen-bond acceptors (Lipinski definition) is 1. The summed E-state index contributed by atoms with van der Waals surface area (Å²) in [7, 11) is 0. The molecule has 0 fully saturated rings. The maximum Gasteiger partial charge on any atom is 0.131 e. The number of hydrogen-bond donors (Lipinski definition) is 1. The molecule has 3 aromatic rings. The fraction of sp³-hybridized carbons (Fsp3) is 0.158. The molecule has 0 spiro atoms. The van der Waals surface area contributed by atoms with Gasteiger partial charge in [0.2, 0.25) is 0 Å². The topological polar surface area (TPSA) is 20.2 Å². The zero-order valence-corrected chi connectivity index (χ0v) is 11.9. The summed E-state index contributed by atoms with van der Waals surface area (Å²) in [6, 6.07) is 16.5. The molecule has 0 saturated carbocycles. The van der Waals surface area contributed by atoms with Crippen molar-refractivity contribution in [1.29, 1.82) is 0 Å². The third kappa shape index (κ3) is 2.75. The SMILES string of the molecule is CCCc1ccc(-c2cc(F)c3cc(O)ccc3c2)cc1. The fourth-order valence-corrected chi connectivity index (χ4v) is 2.62. The zero-order chi connectivity index (χ0) is 14.8. The number of fused-ring (bicyclic) bond motifs is 1. The van der Waals surface area contributed by atoms with Crippen molar-refractivity contribution in [1.82, 2.24) is 0 Å². The Labute approximate surface area is 123 Å². The van der Waals surface area contributed by atoms with E-state index in [4.69, 9.17) is 0 Å². The van der Waals surface area contributed by atoms with E-state index < -0.39 is 0 Å². The smallest absolute Gasteiger partial charge is 0.131 e. The normalized spacial score (nSPS) is 11.0. The lowest BCUT2D eigenvalue weighted by Crippen LogP contribution is -1.86. The maximum absolute atomic E-state index is 14.2. The lowest BCUT2D eigenvalue weighted by molar-refractivity contribution is 0.476. The maximum atomic E-state index is 14.2. The zero-order valence-electron chi connectivity index (χ0n) is 11.9. The van der Waals surface area contributed by atoms with Crippen LogP contribution < -0.4 is 0 Å². The average molecular weight is 280 g/mol. The minimum absolute atomic E-state index is 0.0815. The van der Waals surface area contributed by atoms with Gasteiger partial charge in [-0.15, -0.1) is 0 Å². The Morgan fingerprint density at radius 1 is 0.905 bits per heavy atom. The third-order valence-electron chi connectivity index (χ3n) is 3.71. The largest absolute Gasteiger partial charge is 0.508 e. The summed E-state index contributed by atoms with van der Waals surface area (Å²) in [6.45, 7) is 2.15. The highest BCUT2D eigenvalue weighted by atomic mass is 19.1. The fourth-order valence-electron chi connectivity index (χ4n) is 2.62. The van der Waals surface area contributed by atoms with Gasteiger partial charge >= 0.3 is 0 Å². The van der Waals surface area contributed by atoms with E-state index in [9.17, 15) is 9.50 Å². The van der Waals surface area contributed by atoms with Gasteiger partial charge in [-0.1, -0.05) is 43.7 Å². The first-order chi connectivity index (χ1) is 10.2. The predicted molar refractivity (Wildman–Crippen MR) is 85.0 cm³/mol. The van der Waals surface area contributed by atoms with E-state index in [1.165, 1.54) is 17.7 Å². The molecule has 0 amide bonds. The van der Waals surface area contributed by atoms with E-state index in [-0.39, 0.29) is 11.6 Å². The van der Waals surface area contributed by atoms with Crippen LogP contribution in [0.4, 0.5) is 4.39 Å². The molecule has 0 radical (unpaired) electrons. The van der Waals surface area contributed by atoms with Crippen LogP contribution in [0, 0.1) is 5.82 Å². The second-order valence-electron chi connectivity index (χ2n) is 5.31. The van der Waals surface area contributed by atoms with E-state index in [1.807, 2.05) is 18.2 Å². The van der Waals surface area contributed by atoms with Gasteiger partial charge in [0.1, 0.15) is 11.6 Å². The van der Waals surface area contributed by atoms with Crippen molar-refractivity contribution in [2.24, 2.45) is 0 Å². The van der Waals surface area contributed by atoms with E-state index in [2.05, 4.69) is 19.1 Å². The molecule has 106 valence electrons. The lowest BCUT2D eigenvalue weighted by atomic mass is 9.99. The molecule has 0 aliphatic heterocycles. The number of aryl methyl sites for hydroxylation is 1. The van der Waals surface area contributed by atoms with Gasteiger partial charge in [-0.2, -0.15) is 0 Å². The first kappa shape index (κ1) is 13.6. The summed E-state index contributed by atoms with van der Waals surface area (Å²) in [5.74, 6) is -0.228. The molecule has 0 heterocycles. The average Bonchev–Trinajstić information content (AvgIpc) is 2.49. The molecular formula is C19H17FO. The molecule has 21 heavy (non-hydrogen) atoms. The second kappa shape index (κ2) is 5.57. The minimum Gasteiger partial charge on any atom is -0.508 e. The van der Waals surface area contributed by atoms with Crippen LogP contribution in [0.1, 0.15) is 18.9 Å². The quantitative estimate of drug-likeness (QED) is 0.690. The number of benzene rings is 3. The van der Waals surface area contributed by atoms with Crippen LogP contribution in [0.25, 0.3) is 21.9 Å². The highest BCUT2D eigenvalue weighted by Gasteiger charge is 2.06. The van der Waals surface area contributed by atoms with Gasteiger partial charge in [-0.3, -0.25) is 0 Å². The molecule has 0 saturated heterocycles. The first-order valence-electron chi connectivity index (χ1n) is 7.19. The predicted octanol–water partition coefficient (Wildman–Crippen LogP) is 5.30. The summed E-state index contributed by atoms with van der Waals surface area (Å²) < 4.78 is 14.2. The molecule has 1 N–H and O–H groups in total. The van der Waals surface area contributed by atoms with Gasteiger partial charge in [-0.25, -0.2) is 4.39 Å². The van der Waals surface area contributed by atoms with Crippen molar-refractivity contribution in [2.75, 3.05) is 0 Å². The minimum atomic E-state index is -0.309. The molecule has 0 aromatic heterocycles. The summed E-state index contributed by atoms with van der Waals surface area (Å²) in [6.07, 6.45) is 2.18. The van der Waals surface area contributed by atoms with Gasteiger partial charge in [0.05, 0.1) is 0 Å². The van der Waals surface area contributed by atoms with Crippen LogP contribution >= 0.6 is 0 Å². The molecule has 2 heteroatoms. The summed E-state index contributed by atoms with van der Waals surface area (Å²) in [5.41, 5.74) is 3.16. The summed E-state index contributed by atoms with van der Waals surface area (Å²) in [5, 5.41) is 10.7. The number of phenolic OH excluding ortho intramolecular Hbond substituents is 1. The van der Waals surface area contributed by atoms with Gasteiger partial charge in [0, 0.05) is 5.39 Å². The molecule has 0 unspecified atom stereocenters. The van der Waals surface area contributed by atoms with E-state index in [0.717, 1.165) is 29.4 Å². The van der Waals surface area contributed by atoms with Crippen molar-refractivity contribution in [3.8, 4) is 16.9 Å². The Kier molecular flexibility index (Phi) is 3.61. The molecule has 3 rings (SSSR count). The number of aromatic hydroxyl groups is 1. The molecule has 0 bridgehead atoms. The standard InChI is InChI=1S/C19H17FO/c1-2-3-13-4-6-14(7-5-13)16-10-15-8-9-17(21)12-18(15)19(20)11-16/h4-12,21H,2-3H2,1H3. The Morgan fingerprint density at radius 2 is 1.67 bits per heavy atom. The Morgan fingerprint density at radius 3 is 2.38 bits per heavy atom. The molecule has 0 atom stereocenters. The monoisotopic (exact) mass is 280 g/mol. The highest BCUT2D eigenvalue weighted by Crippen LogP contribution is 2.29. The Hall–Kier alpha value is -2.35. The van der Waals surface area contributed by atoms with Gasteiger partial charge in [-0.05, 0) is 52.8 Å². The van der Waals surface area contributed by atoms with E-state index in [1.54, 1.807) is 12.1 Å². The van der Waals surface area contributed by atoms with E-state index in [0.29, 0.717) is 5.39 Å². The summed E-state index contributed by atoms with van der Waals surface area (Å²) in [4.78, 5) is 0. The van der Waals surface area contributed by atoms with Crippen molar-refractivity contribution in [3.63, 3.8) is 0 Å². The van der Waals surface area contributed by atoms with Crippen molar-refractivity contribution < 1.29 is 9.50 Å². The Bertz CT molecular complexity index is 775. The van der Waals surface area contributed by atoms with Gasteiger partial charge in [0.15, 0.2) is 0 Å². The molecular weight excluding hydrogens is 263 g/mol. The second-order valence-corrected chi connectivity index (χ2v) is 5.31. The first-order valence-corrected chi connectivity index (χ1v) is 7.19. The third-order valence-corrected chi connectivity index (χ3v) is 3.71. The molecule has 1 nitrogen and oxygen atoms in total. The van der Waals surface area contributed by atoms with Crippen LogP contribution in [0.5, 0.6) is 5.75 Å². The highest BCUT2D eigenvalue weighted by molar-refractivity contribution is 5.89.